The van der Waals surface area contributed by atoms with Crippen LogP contribution in [-0.2, 0) is 9.53 Å². The maximum absolute atomic E-state index is 12.1. The minimum absolute atomic E-state index is 0.111. The Morgan fingerprint density at radius 2 is 2.15 bits per heavy atom. The topological polar surface area (TPSA) is 64.4 Å². The van der Waals surface area contributed by atoms with E-state index in [2.05, 4.69) is 26.1 Å². The third-order valence-corrected chi connectivity index (χ3v) is 4.11. The summed E-state index contributed by atoms with van der Waals surface area (Å²) < 4.78 is 5.67. The number of nitrogens with one attached hydrogen (secondary N) is 1. The van der Waals surface area contributed by atoms with Crippen molar-refractivity contribution in [1.82, 2.24) is 5.32 Å². The van der Waals surface area contributed by atoms with E-state index in [1.54, 1.807) is 0 Å². The van der Waals surface area contributed by atoms with E-state index in [1.165, 1.54) is 12.8 Å². The van der Waals surface area contributed by atoms with E-state index in [-0.39, 0.29) is 17.6 Å². The first-order valence-corrected chi connectivity index (χ1v) is 8.10. The largest absolute Gasteiger partial charge is 0.375 e. The average molecular weight is 284 g/mol. The van der Waals surface area contributed by atoms with Crippen molar-refractivity contribution < 1.29 is 9.53 Å². The average Bonchev–Trinajstić information content (AvgIpc) is 2.35. The van der Waals surface area contributed by atoms with Gasteiger partial charge in [-0.3, -0.25) is 4.79 Å². The molecule has 2 atom stereocenters. The zero-order chi connectivity index (χ0) is 15.0. The molecule has 1 saturated heterocycles. The fourth-order valence-corrected chi connectivity index (χ4v) is 3.07. The molecule has 1 amide bonds. The number of hydrogen-bond donors (Lipinski definition) is 2. The SMILES string of the molecule is CCCC(CCN)CCC(=O)NC1CCOC(C)(C)C1. The first kappa shape index (κ1) is 17.4. The summed E-state index contributed by atoms with van der Waals surface area (Å²) in [5.41, 5.74) is 5.52. The molecule has 0 radical (unpaired) electrons. The molecule has 0 aromatic heterocycles. The maximum Gasteiger partial charge on any atom is 0.220 e. The molecule has 1 fully saturated rings. The zero-order valence-corrected chi connectivity index (χ0v) is 13.4. The minimum atomic E-state index is -0.111. The Bertz CT molecular complexity index is 286. The molecule has 118 valence electrons. The fraction of sp³-hybridized carbons (Fsp3) is 0.938. The molecular weight excluding hydrogens is 252 g/mol. The van der Waals surface area contributed by atoms with Gasteiger partial charge in [-0.1, -0.05) is 19.8 Å². The van der Waals surface area contributed by atoms with Crippen molar-refractivity contribution in [3.63, 3.8) is 0 Å². The Morgan fingerprint density at radius 1 is 1.40 bits per heavy atom. The molecule has 0 saturated carbocycles. The second-order valence-corrected chi connectivity index (χ2v) is 6.64. The monoisotopic (exact) mass is 284 g/mol. The van der Waals surface area contributed by atoms with Gasteiger partial charge in [0.25, 0.3) is 0 Å². The van der Waals surface area contributed by atoms with Crippen molar-refractivity contribution >= 4 is 5.91 Å². The highest BCUT2D eigenvalue weighted by Gasteiger charge is 2.29. The van der Waals surface area contributed by atoms with Gasteiger partial charge >= 0.3 is 0 Å². The quantitative estimate of drug-likeness (QED) is 0.720. The maximum atomic E-state index is 12.1. The van der Waals surface area contributed by atoms with Gasteiger partial charge < -0.3 is 15.8 Å². The molecule has 0 spiro atoms. The molecule has 3 N–H and O–H groups in total. The van der Waals surface area contributed by atoms with Crippen molar-refractivity contribution in [2.45, 2.75) is 77.4 Å². The Morgan fingerprint density at radius 3 is 2.75 bits per heavy atom. The van der Waals surface area contributed by atoms with Crippen LogP contribution in [0, 0.1) is 5.92 Å². The predicted molar refractivity (Wildman–Crippen MR) is 82.5 cm³/mol. The normalized spacial score (nSPS) is 23.3. The molecule has 0 bridgehead atoms. The Kier molecular flexibility index (Phi) is 7.52. The van der Waals surface area contributed by atoms with Crippen molar-refractivity contribution in [1.29, 1.82) is 0 Å². The number of ether oxygens (including phenoxy) is 1. The highest BCUT2D eigenvalue weighted by molar-refractivity contribution is 5.76. The summed E-state index contributed by atoms with van der Waals surface area (Å²) in [7, 11) is 0. The highest BCUT2D eigenvalue weighted by Crippen LogP contribution is 2.24. The van der Waals surface area contributed by atoms with Crippen molar-refractivity contribution in [2.75, 3.05) is 13.2 Å². The first-order chi connectivity index (χ1) is 9.46. The van der Waals surface area contributed by atoms with Crippen LogP contribution in [0.5, 0.6) is 0 Å². The number of carbonyl (C=O) groups is 1. The number of amides is 1. The van der Waals surface area contributed by atoms with E-state index in [9.17, 15) is 4.79 Å². The first-order valence-electron chi connectivity index (χ1n) is 8.10. The van der Waals surface area contributed by atoms with E-state index >= 15 is 0 Å². The van der Waals surface area contributed by atoms with Gasteiger partial charge in [0.15, 0.2) is 0 Å². The van der Waals surface area contributed by atoms with Gasteiger partial charge in [-0.2, -0.15) is 0 Å². The van der Waals surface area contributed by atoms with Crippen molar-refractivity contribution in [2.24, 2.45) is 11.7 Å². The second kappa shape index (κ2) is 8.63. The minimum Gasteiger partial charge on any atom is -0.375 e. The molecule has 2 unspecified atom stereocenters. The third kappa shape index (κ3) is 6.71. The zero-order valence-electron chi connectivity index (χ0n) is 13.4. The summed E-state index contributed by atoms with van der Waals surface area (Å²) >= 11 is 0. The molecule has 0 aromatic carbocycles. The van der Waals surface area contributed by atoms with E-state index < -0.39 is 0 Å². The van der Waals surface area contributed by atoms with Gasteiger partial charge in [0.05, 0.1) is 5.60 Å². The number of rotatable bonds is 8. The second-order valence-electron chi connectivity index (χ2n) is 6.64. The standard InChI is InChI=1S/C16H32N2O2/c1-4-5-13(8-10-17)6-7-15(19)18-14-9-11-20-16(2,3)12-14/h13-14H,4-12,17H2,1-3H3,(H,18,19). The third-order valence-electron chi connectivity index (χ3n) is 4.11. The molecule has 1 aliphatic heterocycles. The van der Waals surface area contributed by atoms with Crippen LogP contribution in [0.4, 0.5) is 0 Å². The smallest absolute Gasteiger partial charge is 0.220 e. The lowest BCUT2D eigenvalue weighted by atomic mass is 9.92. The molecule has 1 heterocycles. The van der Waals surface area contributed by atoms with Gasteiger partial charge in [0.1, 0.15) is 0 Å². The number of carbonyl (C=O) groups excluding carboxylic acids is 1. The molecule has 0 aliphatic carbocycles. The summed E-state index contributed by atoms with van der Waals surface area (Å²) in [5, 5.41) is 3.16. The van der Waals surface area contributed by atoms with Gasteiger partial charge in [-0.05, 0) is 52.0 Å². The molecule has 1 rings (SSSR count). The fourth-order valence-electron chi connectivity index (χ4n) is 3.07. The Labute approximate surface area is 123 Å². The molecular formula is C16H32N2O2. The van der Waals surface area contributed by atoms with Crippen LogP contribution in [0.2, 0.25) is 0 Å². The summed E-state index contributed by atoms with van der Waals surface area (Å²) in [6.07, 6.45) is 6.79. The lowest BCUT2D eigenvalue weighted by molar-refractivity contribution is -0.124. The van der Waals surface area contributed by atoms with Gasteiger partial charge in [0.2, 0.25) is 5.91 Å². The molecule has 0 aromatic rings. The van der Waals surface area contributed by atoms with E-state index in [4.69, 9.17) is 10.5 Å². The Hall–Kier alpha value is -0.610. The van der Waals surface area contributed by atoms with Gasteiger partial charge in [-0.15, -0.1) is 0 Å². The van der Waals surface area contributed by atoms with E-state index in [0.29, 0.717) is 12.3 Å². The predicted octanol–water partition coefficient (Wildman–Crippen LogP) is 2.61. The summed E-state index contributed by atoms with van der Waals surface area (Å²) in [6.45, 7) is 7.82. The van der Waals surface area contributed by atoms with Crippen molar-refractivity contribution in [3.05, 3.63) is 0 Å². The summed E-state index contributed by atoms with van der Waals surface area (Å²) in [4.78, 5) is 12.1. The van der Waals surface area contributed by atoms with Crippen LogP contribution in [0.25, 0.3) is 0 Å². The van der Waals surface area contributed by atoms with Crippen LogP contribution in [0.3, 0.4) is 0 Å². The van der Waals surface area contributed by atoms with Crippen LogP contribution < -0.4 is 11.1 Å². The lowest BCUT2D eigenvalue weighted by Crippen LogP contribution is -2.45. The number of hydrogen-bond acceptors (Lipinski definition) is 3. The van der Waals surface area contributed by atoms with Crippen LogP contribution in [0.1, 0.15) is 65.7 Å². The molecule has 4 nitrogen and oxygen atoms in total. The molecule has 4 heteroatoms. The summed E-state index contributed by atoms with van der Waals surface area (Å²) in [6, 6.07) is 0.269. The molecule has 20 heavy (non-hydrogen) atoms. The van der Waals surface area contributed by atoms with Crippen molar-refractivity contribution in [3.8, 4) is 0 Å². The highest BCUT2D eigenvalue weighted by atomic mass is 16.5. The number of nitrogens with two attached hydrogens (primary N) is 1. The molecule has 1 aliphatic rings. The lowest BCUT2D eigenvalue weighted by Gasteiger charge is -2.35. The van der Waals surface area contributed by atoms with Crippen LogP contribution in [-0.4, -0.2) is 30.7 Å². The van der Waals surface area contributed by atoms with Gasteiger partial charge in [-0.25, -0.2) is 0 Å². The van der Waals surface area contributed by atoms with Gasteiger partial charge in [0, 0.05) is 19.1 Å². The van der Waals surface area contributed by atoms with Crippen LogP contribution >= 0.6 is 0 Å². The van der Waals surface area contributed by atoms with E-state index in [0.717, 1.165) is 38.8 Å². The summed E-state index contributed by atoms with van der Waals surface area (Å²) in [5.74, 6) is 0.785. The van der Waals surface area contributed by atoms with E-state index in [1.807, 2.05) is 0 Å². The van der Waals surface area contributed by atoms with Crippen LogP contribution in [0.15, 0.2) is 0 Å². The Balaban J connectivity index is 2.28.